The van der Waals surface area contributed by atoms with Crippen molar-refractivity contribution in [2.24, 2.45) is 17.3 Å². The number of thiazole rings is 1. The van der Waals surface area contributed by atoms with Crippen LogP contribution in [0, 0.1) is 31.1 Å². The van der Waals surface area contributed by atoms with Crippen molar-refractivity contribution in [1.82, 2.24) is 15.6 Å². The minimum absolute atomic E-state index is 0.0298. The van der Waals surface area contributed by atoms with Crippen LogP contribution in [0.2, 0.25) is 10.0 Å². The molecule has 1 aromatic heterocycles. The first kappa shape index (κ1) is 28.5. The molecule has 216 valence electrons. The van der Waals surface area contributed by atoms with Crippen molar-refractivity contribution in [3.63, 3.8) is 0 Å². The van der Waals surface area contributed by atoms with Gasteiger partial charge in [0.15, 0.2) is 0 Å². The lowest BCUT2D eigenvalue weighted by atomic mass is 9.72. The smallest absolute Gasteiger partial charge is 0.263 e. The number of hydrogen-bond donors (Lipinski definition) is 2. The van der Waals surface area contributed by atoms with Crippen molar-refractivity contribution in [3.8, 4) is 16.3 Å². The van der Waals surface area contributed by atoms with E-state index in [-0.39, 0.29) is 35.2 Å². The predicted octanol–water partition coefficient (Wildman–Crippen LogP) is 7.69. The minimum atomic E-state index is -0.154. The fraction of sp³-hybridized carbons (Fsp3) is 0.469. The van der Waals surface area contributed by atoms with Crippen LogP contribution in [0.5, 0.6) is 5.75 Å². The van der Waals surface area contributed by atoms with Crippen LogP contribution in [0.3, 0.4) is 0 Å². The molecule has 0 spiro atoms. The first-order chi connectivity index (χ1) is 19.7. The highest BCUT2D eigenvalue weighted by molar-refractivity contribution is 7.17. The molecule has 9 heteroatoms. The van der Waals surface area contributed by atoms with E-state index in [0.29, 0.717) is 33.5 Å². The number of methoxy groups -OCH3 is 1. The third-order valence-corrected chi connectivity index (χ3v) is 11.5. The van der Waals surface area contributed by atoms with Gasteiger partial charge in [0.1, 0.15) is 15.6 Å². The van der Waals surface area contributed by atoms with Crippen molar-refractivity contribution in [1.29, 1.82) is 0 Å². The molecule has 2 N–H and O–H groups in total. The molecule has 3 fully saturated rings. The zero-order valence-electron chi connectivity index (χ0n) is 23.6. The highest BCUT2D eigenvalue weighted by Crippen LogP contribution is 2.61. The molecule has 0 radical (unpaired) electrons. The number of nitrogens with zero attached hydrogens (tertiary/aromatic N) is 1. The summed E-state index contributed by atoms with van der Waals surface area (Å²) in [5.74, 6) is 1.27. The van der Waals surface area contributed by atoms with Gasteiger partial charge in [-0.3, -0.25) is 9.59 Å². The van der Waals surface area contributed by atoms with Gasteiger partial charge in [-0.05, 0) is 112 Å². The van der Waals surface area contributed by atoms with Gasteiger partial charge in [0.05, 0.1) is 28.9 Å². The molecule has 0 saturated heterocycles. The van der Waals surface area contributed by atoms with E-state index in [0.717, 1.165) is 52.6 Å². The van der Waals surface area contributed by atoms with Gasteiger partial charge in [-0.1, -0.05) is 29.3 Å². The maximum Gasteiger partial charge on any atom is 0.263 e. The topological polar surface area (TPSA) is 80.3 Å². The number of carbonyl (C=O) groups is 2. The zero-order chi connectivity index (χ0) is 28.9. The molecule has 1 atom stereocenters. The second-order valence-electron chi connectivity index (χ2n) is 12.0. The standard InChI is InChI=1S/C32H35Cl2N3O3S/c1-17-4-9-24(33)26(34)25(17)28(32-12-10-19(16-32)11-13-32)37-29(38)21-14-22(15-21)36-30(39)27-18(2)35-31(41-27)20-5-7-23(40-3)8-6-20/h4-9,19,21-22,28H,10-16H2,1-3H3,(H,36,39)(H,37,38)/t19?,21?,22?,28-,32?/m1/s1. The Morgan fingerprint density at radius 3 is 2.41 bits per heavy atom. The molecular formula is C32H35Cl2N3O3S. The predicted molar refractivity (Wildman–Crippen MR) is 164 cm³/mol. The summed E-state index contributed by atoms with van der Waals surface area (Å²) in [5, 5.41) is 8.43. The summed E-state index contributed by atoms with van der Waals surface area (Å²) in [4.78, 5) is 31.9. The van der Waals surface area contributed by atoms with Crippen molar-refractivity contribution in [3.05, 3.63) is 68.1 Å². The largest absolute Gasteiger partial charge is 0.497 e. The zero-order valence-corrected chi connectivity index (χ0v) is 25.9. The van der Waals surface area contributed by atoms with Gasteiger partial charge < -0.3 is 15.4 Å². The fourth-order valence-electron chi connectivity index (χ4n) is 7.12. The monoisotopic (exact) mass is 611 g/mol. The summed E-state index contributed by atoms with van der Waals surface area (Å²) in [7, 11) is 1.63. The molecule has 2 bridgehead atoms. The van der Waals surface area contributed by atoms with E-state index in [1.54, 1.807) is 7.11 Å². The molecule has 1 heterocycles. The summed E-state index contributed by atoms with van der Waals surface area (Å²) in [6.45, 7) is 3.90. The van der Waals surface area contributed by atoms with E-state index in [1.807, 2.05) is 50.2 Å². The van der Waals surface area contributed by atoms with Crippen LogP contribution in [0.4, 0.5) is 0 Å². The summed E-state index contributed by atoms with van der Waals surface area (Å²) >= 11 is 14.6. The van der Waals surface area contributed by atoms with E-state index in [4.69, 9.17) is 27.9 Å². The number of fused-ring (bicyclic) bond motifs is 2. The van der Waals surface area contributed by atoms with Gasteiger partial charge in [-0.25, -0.2) is 4.98 Å². The van der Waals surface area contributed by atoms with E-state index in [1.165, 1.54) is 24.2 Å². The van der Waals surface area contributed by atoms with E-state index < -0.39 is 0 Å². The lowest BCUT2D eigenvalue weighted by Crippen LogP contribution is -2.51. The van der Waals surface area contributed by atoms with Gasteiger partial charge in [0.2, 0.25) is 5.91 Å². The fourth-order valence-corrected chi connectivity index (χ4v) is 8.58. The number of nitrogens with one attached hydrogen (secondary N) is 2. The van der Waals surface area contributed by atoms with E-state index >= 15 is 0 Å². The summed E-state index contributed by atoms with van der Waals surface area (Å²) in [5.41, 5.74) is 3.70. The summed E-state index contributed by atoms with van der Waals surface area (Å²) < 4.78 is 5.24. The maximum absolute atomic E-state index is 13.6. The van der Waals surface area contributed by atoms with Gasteiger partial charge in [0.25, 0.3) is 5.91 Å². The Morgan fingerprint density at radius 1 is 1.07 bits per heavy atom. The lowest BCUT2D eigenvalue weighted by molar-refractivity contribution is -0.130. The molecule has 41 heavy (non-hydrogen) atoms. The molecule has 6 rings (SSSR count). The third kappa shape index (κ3) is 5.37. The van der Waals surface area contributed by atoms with Gasteiger partial charge >= 0.3 is 0 Å². The highest BCUT2D eigenvalue weighted by atomic mass is 35.5. The van der Waals surface area contributed by atoms with Crippen molar-refractivity contribution in [2.45, 2.75) is 70.9 Å². The molecular weight excluding hydrogens is 577 g/mol. The Balaban J connectivity index is 1.11. The van der Waals surface area contributed by atoms with Crippen LogP contribution in [0.15, 0.2) is 36.4 Å². The van der Waals surface area contributed by atoms with Crippen LogP contribution in [0.1, 0.15) is 77.5 Å². The molecule has 3 aromatic rings. The third-order valence-electron chi connectivity index (χ3n) is 9.52. The van der Waals surface area contributed by atoms with Crippen molar-refractivity contribution >= 4 is 46.4 Å². The number of ether oxygens (including phenoxy) is 1. The number of carbonyl (C=O) groups excluding carboxylic acids is 2. The Morgan fingerprint density at radius 2 is 1.78 bits per heavy atom. The number of amides is 2. The SMILES string of the molecule is COc1ccc(-c2nc(C)c(C(=O)NC3CC(C(=O)N[C@H](c4c(C)ccc(Cl)c4Cl)C45CCC(CC4)C5)C3)s2)cc1. The van der Waals surface area contributed by atoms with Crippen LogP contribution in [0.25, 0.3) is 10.6 Å². The Kier molecular flexibility index (Phi) is 7.81. The Hall–Kier alpha value is -2.61. The number of rotatable bonds is 8. The molecule has 2 aromatic carbocycles. The molecule has 2 amide bonds. The van der Waals surface area contributed by atoms with Crippen molar-refractivity contribution in [2.75, 3.05) is 7.11 Å². The van der Waals surface area contributed by atoms with Gasteiger partial charge in [-0.2, -0.15) is 0 Å². The molecule has 0 aliphatic heterocycles. The van der Waals surface area contributed by atoms with Gasteiger partial charge in [-0.15, -0.1) is 11.3 Å². The molecule has 3 aliphatic rings. The van der Waals surface area contributed by atoms with Crippen LogP contribution < -0.4 is 15.4 Å². The second-order valence-corrected chi connectivity index (χ2v) is 13.8. The average molecular weight is 613 g/mol. The number of halogens is 2. The minimum Gasteiger partial charge on any atom is -0.497 e. The Bertz CT molecular complexity index is 1470. The highest BCUT2D eigenvalue weighted by Gasteiger charge is 2.52. The van der Waals surface area contributed by atoms with Crippen molar-refractivity contribution < 1.29 is 14.3 Å². The second kappa shape index (κ2) is 11.2. The van der Waals surface area contributed by atoms with Crippen LogP contribution in [-0.4, -0.2) is 29.9 Å². The summed E-state index contributed by atoms with van der Waals surface area (Å²) in [6, 6.07) is 11.3. The quantitative estimate of drug-likeness (QED) is 0.273. The first-order valence-corrected chi connectivity index (χ1v) is 15.9. The van der Waals surface area contributed by atoms with E-state index in [9.17, 15) is 9.59 Å². The first-order valence-electron chi connectivity index (χ1n) is 14.3. The number of hydrogen-bond acceptors (Lipinski definition) is 5. The average Bonchev–Trinajstić information content (AvgIpc) is 3.67. The van der Waals surface area contributed by atoms with E-state index in [2.05, 4.69) is 15.6 Å². The molecule has 0 unspecified atom stereocenters. The van der Waals surface area contributed by atoms with Gasteiger partial charge in [0, 0.05) is 17.5 Å². The molecule has 6 nitrogen and oxygen atoms in total. The lowest BCUT2D eigenvalue weighted by Gasteiger charge is -2.41. The molecule has 3 aliphatic carbocycles. The normalized spacial score (nSPS) is 25.4. The maximum atomic E-state index is 13.6. The summed E-state index contributed by atoms with van der Waals surface area (Å²) in [6.07, 6.45) is 6.96. The van der Waals surface area contributed by atoms with Crippen LogP contribution in [-0.2, 0) is 4.79 Å². The number of aryl methyl sites for hydroxylation is 2. The number of aromatic nitrogens is 1. The molecule has 3 saturated carbocycles. The van der Waals surface area contributed by atoms with Crippen LogP contribution >= 0.6 is 34.5 Å². The number of benzene rings is 2. The Labute approximate surface area is 255 Å².